The molecule has 0 bridgehead atoms. The van der Waals surface area contributed by atoms with E-state index in [-0.39, 0.29) is 6.04 Å². The molecule has 0 radical (unpaired) electrons. The number of alkyl halides is 3. The quantitative estimate of drug-likeness (QED) is 0.776. The minimum absolute atomic E-state index is 0.206. The SMILES string of the molecule is Cc1ccc(C2(O)C[N+]3=C(SCC3C)N2c2cccc(C(F)(F)F)c2)cc1. The van der Waals surface area contributed by atoms with Crippen LogP contribution in [0, 0.1) is 6.92 Å². The second-order valence-corrected chi connectivity index (χ2v) is 8.12. The van der Waals surface area contributed by atoms with Gasteiger partial charge in [-0.1, -0.05) is 35.9 Å². The van der Waals surface area contributed by atoms with Crippen LogP contribution in [0.4, 0.5) is 18.9 Å². The summed E-state index contributed by atoms with van der Waals surface area (Å²) in [7, 11) is 0. The van der Waals surface area contributed by atoms with E-state index in [1.807, 2.05) is 31.2 Å². The van der Waals surface area contributed by atoms with Crippen LogP contribution in [0.1, 0.15) is 23.6 Å². The Morgan fingerprint density at radius 1 is 1.19 bits per heavy atom. The molecule has 2 atom stereocenters. The molecule has 4 rings (SSSR count). The molecule has 0 aliphatic carbocycles. The van der Waals surface area contributed by atoms with Gasteiger partial charge in [-0.25, -0.2) is 4.58 Å². The number of nitrogens with zero attached hydrogens (tertiary/aromatic N) is 2. The molecule has 0 aromatic heterocycles. The monoisotopic (exact) mass is 393 g/mol. The summed E-state index contributed by atoms with van der Waals surface area (Å²) in [6.45, 7) is 4.33. The molecule has 0 saturated carbocycles. The van der Waals surface area contributed by atoms with Crippen molar-refractivity contribution in [1.29, 1.82) is 0 Å². The maximum absolute atomic E-state index is 13.2. The highest BCUT2D eigenvalue weighted by Gasteiger charge is 2.57. The third kappa shape index (κ3) is 3.02. The standard InChI is InChI=1S/C20H20F3N2OS/c1-13-6-8-15(9-7-13)19(26)12-24-14(2)11-27-18(24)25(19)17-5-3-4-16(10-17)20(21,22)23/h3-10,14,26H,11-12H2,1-2H3/q+1. The molecule has 2 unspecified atom stereocenters. The van der Waals surface area contributed by atoms with Gasteiger partial charge in [0.2, 0.25) is 0 Å². The molecule has 1 N–H and O–H groups in total. The Kier molecular flexibility index (Phi) is 4.27. The zero-order valence-electron chi connectivity index (χ0n) is 15.0. The Bertz CT molecular complexity index is 910. The molecule has 2 heterocycles. The van der Waals surface area contributed by atoms with E-state index >= 15 is 0 Å². The van der Waals surface area contributed by atoms with E-state index in [4.69, 9.17) is 0 Å². The minimum Gasteiger partial charge on any atom is -0.346 e. The average Bonchev–Trinajstić information content (AvgIpc) is 3.11. The molecule has 7 heteroatoms. The summed E-state index contributed by atoms with van der Waals surface area (Å²) in [5, 5.41) is 12.4. The molecular formula is C20H20F3N2OS+. The van der Waals surface area contributed by atoms with Crippen molar-refractivity contribution in [3.8, 4) is 0 Å². The van der Waals surface area contributed by atoms with Crippen LogP contribution in [0.15, 0.2) is 48.5 Å². The zero-order chi connectivity index (χ0) is 19.4. The van der Waals surface area contributed by atoms with Gasteiger partial charge in [0.05, 0.1) is 5.56 Å². The lowest BCUT2D eigenvalue weighted by Crippen LogP contribution is -2.47. The Labute approximate surface area is 160 Å². The van der Waals surface area contributed by atoms with Gasteiger partial charge in [0.25, 0.3) is 5.72 Å². The van der Waals surface area contributed by atoms with Crippen LogP contribution < -0.4 is 4.90 Å². The van der Waals surface area contributed by atoms with Crippen molar-refractivity contribution in [1.82, 2.24) is 0 Å². The van der Waals surface area contributed by atoms with Gasteiger partial charge < -0.3 is 5.11 Å². The highest BCUT2D eigenvalue weighted by molar-refractivity contribution is 8.14. The van der Waals surface area contributed by atoms with E-state index in [9.17, 15) is 18.3 Å². The predicted molar refractivity (Wildman–Crippen MR) is 101 cm³/mol. The van der Waals surface area contributed by atoms with Gasteiger partial charge >= 0.3 is 11.3 Å². The van der Waals surface area contributed by atoms with Gasteiger partial charge in [0.15, 0.2) is 6.54 Å². The molecule has 0 spiro atoms. The highest BCUT2D eigenvalue weighted by atomic mass is 32.2. The van der Waals surface area contributed by atoms with Crippen LogP contribution in [0.3, 0.4) is 0 Å². The zero-order valence-corrected chi connectivity index (χ0v) is 15.8. The van der Waals surface area contributed by atoms with Crippen molar-refractivity contribution in [2.24, 2.45) is 0 Å². The Morgan fingerprint density at radius 2 is 1.89 bits per heavy atom. The Morgan fingerprint density at radius 3 is 2.56 bits per heavy atom. The molecule has 27 heavy (non-hydrogen) atoms. The van der Waals surface area contributed by atoms with Gasteiger partial charge in [0, 0.05) is 11.3 Å². The first-order valence-electron chi connectivity index (χ1n) is 8.73. The predicted octanol–water partition coefficient (Wildman–Crippen LogP) is 4.18. The van der Waals surface area contributed by atoms with Crippen molar-refractivity contribution in [3.63, 3.8) is 0 Å². The van der Waals surface area contributed by atoms with E-state index in [0.29, 0.717) is 17.8 Å². The Balaban J connectivity index is 1.85. The largest absolute Gasteiger partial charge is 0.416 e. The molecule has 0 fully saturated rings. The van der Waals surface area contributed by atoms with Gasteiger partial charge in [-0.15, -0.1) is 0 Å². The average molecular weight is 393 g/mol. The number of thioether (sulfide) groups is 1. The number of aliphatic hydroxyl groups is 1. The van der Waals surface area contributed by atoms with Gasteiger partial charge in [-0.3, -0.25) is 0 Å². The van der Waals surface area contributed by atoms with E-state index in [0.717, 1.165) is 28.6 Å². The number of anilines is 1. The topological polar surface area (TPSA) is 26.5 Å². The third-order valence-electron chi connectivity index (χ3n) is 5.13. The Hall–Kier alpha value is -1.99. The normalized spacial score (nSPS) is 25.3. The fourth-order valence-electron chi connectivity index (χ4n) is 3.63. The first-order valence-corrected chi connectivity index (χ1v) is 9.72. The maximum Gasteiger partial charge on any atom is 0.416 e. The summed E-state index contributed by atoms with van der Waals surface area (Å²) in [5.74, 6) is 0.842. The van der Waals surface area contributed by atoms with Crippen LogP contribution in [0.2, 0.25) is 0 Å². The number of hydrogen-bond acceptors (Lipinski definition) is 3. The number of amidine groups is 1. The maximum atomic E-state index is 13.2. The second kappa shape index (κ2) is 6.27. The molecule has 2 aromatic carbocycles. The van der Waals surface area contributed by atoms with Crippen LogP contribution in [0.25, 0.3) is 0 Å². The summed E-state index contributed by atoms with van der Waals surface area (Å²) in [6.07, 6.45) is -4.43. The smallest absolute Gasteiger partial charge is 0.346 e. The first kappa shape index (κ1) is 18.4. The van der Waals surface area contributed by atoms with Crippen molar-refractivity contribution in [2.75, 3.05) is 17.2 Å². The summed E-state index contributed by atoms with van der Waals surface area (Å²) >= 11 is 1.56. The molecular weight excluding hydrogens is 373 g/mol. The van der Waals surface area contributed by atoms with Gasteiger partial charge in [-0.2, -0.15) is 18.1 Å². The van der Waals surface area contributed by atoms with E-state index < -0.39 is 17.5 Å². The van der Waals surface area contributed by atoms with Crippen LogP contribution in [0.5, 0.6) is 0 Å². The third-order valence-corrected chi connectivity index (χ3v) is 6.45. The first-order chi connectivity index (χ1) is 12.7. The van der Waals surface area contributed by atoms with Crippen LogP contribution in [-0.2, 0) is 11.9 Å². The highest BCUT2D eigenvalue weighted by Crippen LogP contribution is 2.43. The lowest BCUT2D eigenvalue weighted by molar-refractivity contribution is -0.557. The van der Waals surface area contributed by atoms with Gasteiger partial charge in [0.1, 0.15) is 11.7 Å². The summed E-state index contributed by atoms with van der Waals surface area (Å²) in [4.78, 5) is 1.65. The number of benzene rings is 2. The molecule has 2 aliphatic rings. The lowest BCUT2D eigenvalue weighted by Gasteiger charge is -2.29. The van der Waals surface area contributed by atoms with E-state index in [1.54, 1.807) is 22.7 Å². The minimum atomic E-state index is -4.43. The number of halogens is 3. The fourth-order valence-corrected chi connectivity index (χ4v) is 4.99. The summed E-state index contributed by atoms with van der Waals surface area (Å²) < 4.78 is 41.8. The van der Waals surface area contributed by atoms with E-state index in [1.165, 1.54) is 6.07 Å². The van der Waals surface area contributed by atoms with Crippen molar-refractivity contribution in [3.05, 3.63) is 65.2 Å². The van der Waals surface area contributed by atoms with Crippen molar-refractivity contribution >= 4 is 22.6 Å². The number of aryl methyl sites for hydroxylation is 1. The second-order valence-electron chi connectivity index (χ2n) is 7.14. The lowest BCUT2D eigenvalue weighted by atomic mass is 9.99. The van der Waals surface area contributed by atoms with Gasteiger partial charge in [-0.05, 0) is 43.8 Å². The number of rotatable bonds is 2. The van der Waals surface area contributed by atoms with E-state index in [2.05, 4.69) is 11.5 Å². The molecule has 2 aromatic rings. The molecule has 0 saturated heterocycles. The molecule has 2 aliphatic heterocycles. The summed E-state index contributed by atoms with van der Waals surface area (Å²) in [5.41, 5.74) is -0.0787. The number of hydrogen-bond donors (Lipinski definition) is 1. The molecule has 142 valence electrons. The molecule has 0 amide bonds. The fraction of sp³-hybridized carbons (Fsp3) is 0.350. The van der Waals surface area contributed by atoms with Crippen molar-refractivity contribution < 1.29 is 22.9 Å². The van der Waals surface area contributed by atoms with Crippen LogP contribution >= 0.6 is 11.8 Å². The van der Waals surface area contributed by atoms with Crippen molar-refractivity contribution in [2.45, 2.75) is 31.8 Å². The molecule has 3 nitrogen and oxygen atoms in total. The summed E-state index contributed by atoms with van der Waals surface area (Å²) in [6, 6.07) is 12.9. The van der Waals surface area contributed by atoms with Crippen LogP contribution in [-0.4, -0.2) is 33.2 Å².